The van der Waals surface area contributed by atoms with Crippen molar-refractivity contribution in [3.8, 4) is 12.3 Å². The number of urea groups is 1. The molecule has 0 radical (unpaired) electrons. The minimum absolute atomic E-state index is 0.313. The van der Waals surface area contributed by atoms with Crippen molar-refractivity contribution in [3.05, 3.63) is 24.1 Å². The van der Waals surface area contributed by atoms with Gasteiger partial charge in [0.1, 0.15) is 11.6 Å². The highest BCUT2D eigenvalue weighted by Gasteiger charge is 2.01. The van der Waals surface area contributed by atoms with Crippen LogP contribution in [0.15, 0.2) is 18.3 Å². The second kappa shape index (κ2) is 7.23. The Morgan fingerprint density at radius 2 is 2.29 bits per heavy atom. The van der Waals surface area contributed by atoms with Gasteiger partial charge in [0.15, 0.2) is 0 Å². The maximum Gasteiger partial charge on any atom is 0.320 e. The molecule has 0 aliphatic heterocycles. The molecule has 17 heavy (non-hydrogen) atoms. The van der Waals surface area contributed by atoms with Crippen molar-refractivity contribution in [2.75, 3.05) is 11.9 Å². The Hall–Kier alpha value is -2.09. The van der Waals surface area contributed by atoms with Crippen LogP contribution in [0.5, 0.6) is 0 Å². The third-order valence-electron chi connectivity index (χ3n) is 2.00. The Morgan fingerprint density at radius 3 is 2.94 bits per heavy atom. The number of carbonyl (C=O) groups is 1. The Bertz CT molecular complexity index is 397. The second-order valence-electron chi connectivity index (χ2n) is 3.40. The number of hydrogen-bond acceptors (Lipinski definition) is 2. The number of nitrogens with one attached hydrogen (secondary N) is 2. The van der Waals surface area contributed by atoms with Crippen LogP contribution in [0.2, 0.25) is 0 Å². The number of amides is 2. The first kappa shape index (κ1) is 13.0. The SMILES string of the molecule is C#CCCCCNC(=O)Nc1ccc(F)cn1. The number of anilines is 1. The quantitative estimate of drug-likeness (QED) is 0.607. The number of unbranched alkanes of at least 4 members (excludes halogenated alkanes) is 2. The van der Waals surface area contributed by atoms with E-state index in [1.165, 1.54) is 12.1 Å². The summed E-state index contributed by atoms with van der Waals surface area (Å²) in [6.45, 7) is 0.550. The summed E-state index contributed by atoms with van der Waals surface area (Å²) in [6, 6.07) is 2.27. The molecule has 5 heteroatoms. The van der Waals surface area contributed by atoms with E-state index in [2.05, 4.69) is 21.5 Å². The van der Waals surface area contributed by atoms with Crippen molar-refractivity contribution in [2.45, 2.75) is 19.3 Å². The molecule has 0 saturated carbocycles. The van der Waals surface area contributed by atoms with Gasteiger partial charge < -0.3 is 5.32 Å². The fourth-order valence-electron chi connectivity index (χ4n) is 1.16. The molecule has 0 fully saturated rings. The molecule has 2 amide bonds. The number of halogens is 1. The molecule has 1 rings (SSSR count). The van der Waals surface area contributed by atoms with Gasteiger partial charge in [-0.15, -0.1) is 12.3 Å². The minimum Gasteiger partial charge on any atom is -0.338 e. The highest BCUT2D eigenvalue weighted by molar-refractivity contribution is 5.88. The van der Waals surface area contributed by atoms with Gasteiger partial charge in [-0.05, 0) is 25.0 Å². The van der Waals surface area contributed by atoms with Gasteiger partial charge in [0, 0.05) is 13.0 Å². The highest BCUT2D eigenvalue weighted by Crippen LogP contribution is 2.02. The summed E-state index contributed by atoms with van der Waals surface area (Å²) in [5.41, 5.74) is 0. The minimum atomic E-state index is -0.440. The van der Waals surface area contributed by atoms with Gasteiger partial charge in [0.2, 0.25) is 0 Å². The Balaban J connectivity index is 2.21. The van der Waals surface area contributed by atoms with E-state index in [9.17, 15) is 9.18 Å². The van der Waals surface area contributed by atoms with Crippen LogP contribution < -0.4 is 10.6 Å². The summed E-state index contributed by atoms with van der Waals surface area (Å²) >= 11 is 0. The number of hydrogen-bond donors (Lipinski definition) is 2. The summed E-state index contributed by atoms with van der Waals surface area (Å²) in [5, 5.41) is 5.14. The standard InChI is InChI=1S/C12H14FN3O/c1-2-3-4-5-8-14-12(17)16-11-7-6-10(13)9-15-11/h1,6-7,9H,3-5,8H2,(H2,14,15,16,17). The fraction of sp³-hybridized carbons (Fsp3) is 0.333. The van der Waals surface area contributed by atoms with Crippen LogP contribution in [0.4, 0.5) is 15.0 Å². The molecule has 0 saturated heterocycles. The maximum absolute atomic E-state index is 12.5. The van der Waals surface area contributed by atoms with E-state index >= 15 is 0 Å². The van der Waals surface area contributed by atoms with Gasteiger partial charge >= 0.3 is 6.03 Å². The zero-order valence-electron chi connectivity index (χ0n) is 9.37. The predicted molar refractivity (Wildman–Crippen MR) is 63.9 cm³/mol. The monoisotopic (exact) mass is 235 g/mol. The molecule has 0 aliphatic carbocycles. The van der Waals surface area contributed by atoms with E-state index in [0.717, 1.165) is 19.0 Å². The Kier molecular flexibility index (Phi) is 5.52. The van der Waals surface area contributed by atoms with Gasteiger partial charge in [-0.1, -0.05) is 0 Å². The van der Waals surface area contributed by atoms with Crippen LogP contribution in [0, 0.1) is 18.2 Å². The Labute approximate surface area is 99.6 Å². The van der Waals surface area contributed by atoms with E-state index in [0.29, 0.717) is 18.8 Å². The number of carbonyl (C=O) groups excluding carboxylic acids is 1. The van der Waals surface area contributed by atoms with Crippen LogP contribution >= 0.6 is 0 Å². The van der Waals surface area contributed by atoms with E-state index in [4.69, 9.17) is 6.42 Å². The first-order valence-corrected chi connectivity index (χ1v) is 5.32. The van der Waals surface area contributed by atoms with Crippen molar-refractivity contribution in [3.63, 3.8) is 0 Å². The van der Waals surface area contributed by atoms with E-state index in [-0.39, 0.29) is 6.03 Å². The molecule has 0 aliphatic rings. The summed E-state index contributed by atoms with van der Waals surface area (Å²) in [5.74, 6) is 2.40. The molecule has 1 heterocycles. The number of terminal acetylenes is 1. The van der Waals surface area contributed by atoms with Crippen molar-refractivity contribution < 1.29 is 9.18 Å². The third kappa shape index (κ3) is 5.52. The van der Waals surface area contributed by atoms with Crippen LogP contribution in [0.3, 0.4) is 0 Å². The summed E-state index contributed by atoms with van der Waals surface area (Å²) < 4.78 is 12.5. The fourth-order valence-corrected chi connectivity index (χ4v) is 1.16. The van der Waals surface area contributed by atoms with Crippen molar-refractivity contribution in [1.29, 1.82) is 0 Å². The van der Waals surface area contributed by atoms with Gasteiger partial charge in [-0.3, -0.25) is 5.32 Å². The lowest BCUT2D eigenvalue weighted by atomic mass is 10.2. The van der Waals surface area contributed by atoms with Crippen LogP contribution in [-0.2, 0) is 0 Å². The van der Waals surface area contributed by atoms with Gasteiger partial charge in [-0.25, -0.2) is 14.2 Å². The normalized spacial score (nSPS) is 9.41. The lowest BCUT2D eigenvalue weighted by Crippen LogP contribution is -2.29. The van der Waals surface area contributed by atoms with Crippen molar-refractivity contribution in [2.24, 2.45) is 0 Å². The third-order valence-corrected chi connectivity index (χ3v) is 2.00. The predicted octanol–water partition coefficient (Wildman–Crippen LogP) is 2.15. The molecule has 0 unspecified atom stereocenters. The van der Waals surface area contributed by atoms with E-state index in [1.54, 1.807) is 0 Å². The lowest BCUT2D eigenvalue weighted by molar-refractivity contribution is 0.252. The molecule has 2 N–H and O–H groups in total. The number of pyridine rings is 1. The Morgan fingerprint density at radius 1 is 1.47 bits per heavy atom. The molecule has 0 spiro atoms. The second-order valence-corrected chi connectivity index (χ2v) is 3.40. The molecular formula is C12H14FN3O. The lowest BCUT2D eigenvalue weighted by Gasteiger charge is -2.06. The maximum atomic E-state index is 12.5. The summed E-state index contributed by atoms with van der Waals surface area (Å²) in [7, 11) is 0. The number of rotatable bonds is 5. The summed E-state index contributed by atoms with van der Waals surface area (Å²) in [4.78, 5) is 15.0. The summed E-state index contributed by atoms with van der Waals surface area (Å²) in [6.07, 6.45) is 8.56. The zero-order valence-corrected chi connectivity index (χ0v) is 9.37. The number of nitrogens with zero attached hydrogens (tertiary/aromatic N) is 1. The zero-order chi connectivity index (χ0) is 12.5. The average molecular weight is 235 g/mol. The average Bonchev–Trinajstić information content (AvgIpc) is 2.32. The molecular weight excluding hydrogens is 221 g/mol. The highest BCUT2D eigenvalue weighted by atomic mass is 19.1. The largest absolute Gasteiger partial charge is 0.338 e. The topological polar surface area (TPSA) is 54.0 Å². The van der Waals surface area contributed by atoms with Crippen LogP contribution in [0.25, 0.3) is 0 Å². The molecule has 1 aromatic heterocycles. The molecule has 4 nitrogen and oxygen atoms in total. The molecule has 90 valence electrons. The van der Waals surface area contributed by atoms with Crippen molar-refractivity contribution >= 4 is 11.8 Å². The van der Waals surface area contributed by atoms with E-state index in [1.807, 2.05) is 0 Å². The first-order valence-electron chi connectivity index (χ1n) is 5.32. The van der Waals surface area contributed by atoms with Gasteiger partial charge in [-0.2, -0.15) is 0 Å². The van der Waals surface area contributed by atoms with Crippen molar-refractivity contribution in [1.82, 2.24) is 10.3 Å². The van der Waals surface area contributed by atoms with Gasteiger partial charge in [0.25, 0.3) is 0 Å². The molecule has 0 bridgehead atoms. The van der Waals surface area contributed by atoms with E-state index < -0.39 is 5.82 Å². The first-order chi connectivity index (χ1) is 8.22. The molecule has 0 atom stereocenters. The van der Waals surface area contributed by atoms with Crippen LogP contribution in [0.1, 0.15) is 19.3 Å². The van der Waals surface area contributed by atoms with Gasteiger partial charge in [0.05, 0.1) is 6.20 Å². The molecule has 0 aromatic carbocycles. The van der Waals surface area contributed by atoms with Crippen LogP contribution in [-0.4, -0.2) is 17.6 Å². The smallest absolute Gasteiger partial charge is 0.320 e. The molecule has 1 aromatic rings. The number of aromatic nitrogens is 1.